The third kappa shape index (κ3) is 1.87. The molecule has 0 radical (unpaired) electrons. The number of nitrogens with one attached hydrogen (secondary N) is 1. The van der Waals surface area contributed by atoms with Crippen LogP contribution in [0.5, 0.6) is 0 Å². The summed E-state index contributed by atoms with van der Waals surface area (Å²) in [6.45, 7) is 0. The smallest absolute Gasteiger partial charge is 0.252 e. The summed E-state index contributed by atoms with van der Waals surface area (Å²) >= 11 is 2.42. The SMILES string of the molecule is O=C1N[C@@]2(C(I)=C(c3ccccc3)c3ccccc32)c2ccccc21. The van der Waals surface area contributed by atoms with Gasteiger partial charge in [-0.25, -0.2) is 0 Å². The molecule has 3 heteroatoms. The first kappa shape index (κ1) is 14.9. The van der Waals surface area contributed by atoms with Crippen LogP contribution in [0.2, 0.25) is 0 Å². The van der Waals surface area contributed by atoms with Crippen LogP contribution in [-0.4, -0.2) is 5.91 Å². The number of amides is 1. The minimum absolute atomic E-state index is 0.00567. The molecule has 120 valence electrons. The quantitative estimate of drug-likeness (QED) is 0.543. The first-order valence-corrected chi connectivity index (χ1v) is 9.29. The van der Waals surface area contributed by atoms with Crippen LogP contribution in [-0.2, 0) is 5.54 Å². The van der Waals surface area contributed by atoms with Crippen molar-refractivity contribution >= 4 is 34.1 Å². The Morgan fingerprint density at radius 1 is 0.720 bits per heavy atom. The maximum atomic E-state index is 12.7. The van der Waals surface area contributed by atoms with E-state index in [1.807, 2.05) is 30.3 Å². The summed E-state index contributed by atoms with van der Waals surface area (Å²) in [5.41, 5.74) is 5.95. The lowest BCUT2D eigenvalue weighted by Crippen LogP contribution is -2.39. The van der Waals surface area contributed by atoms with Gasteiger partial charge in [-0.15, -0.1) is 0 Å². The molecule has 1 N–H and O–H groups in total. The number of halogens is 1. The summed E-state index contributed by atoms with van der Waals surface area (Å²) in [5, 5.41) is 3.30. The Morgan fingerprint density at radius 2 is 1.28 bits per heavy atom. The number of hydrogen-bond acceptors (Lipinski definition) is 1. The Bertz CT molecular complexity index is 1050. The Kier molecular flexibility index (Phi) is 3.16. The molecule has 5 rings (SSSR count). The fraction of sp³-hybridized carbons (Fsp3) is 0.0455. The molecule has 0 saturated heterocycles. The average Bonchev–Trinajstić information content (AvgIpc) is 3.10. The van der Waals surface area contributed by atoms with Crippen LogP contribution in [0.3, 0.4) is 0 Å². The molecular formula is C22H14INO. The highest BCUT2D eigenvalue weighted by Gasteiger charge is 2.52. The molecule has 25 heavy (non-hydrogen) atoms. The van der Waals surface area contributed by atoms with Gasteiger partial charge in [0.2, 0.25) is 0 Å². The molecule has 2 nitrogen and oxygen atoms in total. The van der Waals surface area contributed by atoms with Crippen LogP contribution in [0.25, 0.3) is 5.57 Å². The van der Waals surface area contributed by atoms with Gasteiger partial charge in [-0.1, -0.05) is 72.8 Å². The van der Waals surface area contributed by atoms with Crippen LogP contribution in [0.15, 0.2) is 82.4 Å². The Labute approximate surface area is 159 Å². The molecule has 2 aliphatic rings. The lowest BCUT2D eigenvalue weighted by atomic mass is 9.85. The molecule has 1 heterocycles. The molecule has 1 spiro atoms. The second-order valence-electron chi connectivity index (χ2n) is 6.35. The number of hydrogen-bond donors (Lipinski definition) is 1. The second kappa shape index (κ2) is 5.30. The van der Waals surface area contributed by atoms with Crippen LogP contribution in [0.4, 0.5) is 0 Å². The van der Waals surface area contributed by atoms with E-state index in [9.17, 15) is 4.79 Å². The first-order valence-electron chi connectivity index (χ1n) is 8.21. The van der Waals surface area contributed by atoms with Gasteiger partial charge >= 0.3 is 0 Å². The number of fused-ring (bicyclic) bond motifs is 4. The standard InChI is InChI=1S/C22H14INO/c23-20-19(14-8-2-1-3-9-14)15-10-4-6-12-17(15)22(20)18-13-7-5-11-16(18)21(25)24-22/h1-13H,(H,24,25)/t22-/m1/s1. The fourth-order valence-electron chi connectivity index (χ4n) is 4.04. The minimum atomic E-state index is -0.573. The molecule has 0 bridgehead atoms. The van der Waals surface area contributed by atoms with Gasteiger partial charge < -0.3 is 5.32 Å². The van der Waals surface area contributed by atoms with Gasteiger partial charge in [0, 0.05) is 14.7 Å². The zero-order chi connectivity index (χ0) is 17.0. The summed E-state index contributed by atoms with van der Waals surface area (Å²) in [6.07, 6.45) is 0. The van der Waals surface area contributed by atoms with E-state index in [1.54, 1.807) is 0 Å². The molecule has 3 aromatic carbocycles. The zero-order valence-electron chi connectivity index (χ0n) is 13.3. The number of carbonyl (C=O) groups excluding carboxylic acids is 1. The molecule has 0 unspecified atom stereocenters. The molecule has 1 atom stereocenters. The van der Waals surface area contributed by atoms with Crippen LogP contribution in [0.1, 0.15) is 32.6 Å². The van der Waals surface area contributed by atoms with Crippen molar-refractivity contribution in [2.24, 2.45) is 0 Å². The number of benzene rings is 3. The van der Waals surface area contributed by atoms with Crippen molar-refractivity contribution in [2.45, 2.75) is 5.54 Å². The molecule has 1 aliphatic heterocycles. The fourth-order valence-corrected chi connectivity index (χ4v) is 5.36. The lowest BCUT2D eigenvalue weighted by molar-refractivity contribution is 0.0950. The average molecular weight is 435 g/mol. The van der Waals surface area contributed by atoms with Crippen molar-refractivity contribution in [3.05, 3.63) is 110 Å². The lowest BCUT2D eigenvalue weighted by Gasteiger charge is -2.28. The van der Waals surface area contributed by atoms with Crippen molar-refractivity contribution in [1.29, 1.82) is 0 Å². The third-order valence-corrected chi connectivity index (χ3v) is 6.44. The van der Waals surface area contributed by atoms with Crippen molar-refractivity contribution in [1.82, 2.24) is 5.32 Å². The van der Waals surface area contributed by atoms with E-state index >= 15 is 0 Å². The second-order valence-corrected chi connectivity index (χ2v) is 7.43. The van der Waals surface area contributed by atoms with Gasteiger partial charge in [-0.3, -0.25) is 4.79 Å². The predicted octanol–water partition coefficient (Wildman–Crippen LogP) is 4.88. The summed E-state index contributed by atoms with van der Waals surface area (Å²) in [5.74, 6) is -0.00567. The number of carbonyl (C=O) groups is 1. The van der Waals surface area contributed by atoms with E-state index in [1.165, 1.54) is 16.7 Å². The Morgan fingerprint density at radius 3 is 2.00 bits per heavy atom. The molecular weight excluding hydrogens is 421 g/mol. The maximum absolute atomic E-state index is 12.7. The first-order chi connectivity index (χ1) is 12.2. The van der Waals surface area contributed by atoms with E-state index < -0.39 is 5.54 Å². The van der Waals surface area contributed by atoms with Crippen LogP contribution >= 0.6 is 22.6 Å². The Hall–Kier alpha value is -2.40. The van der Waals surface area contributed by atoms with Crippen molar-refractivity contribution in [2.75, 3.05) is 0 Å². The van der Waals surface area contributed by atoms with Gasteiger partial charge in [0.25, 0.3) is 5.91 Å². The van der Waals surface area contributed by atoms with Crippen molar-refractivity contribution in [3.8, 4) is 0 Å². The summed E-state index contributed by atoms with van der Waals surface area (Å²) < 4.78 is 1.15. The van der Waals surface area contributed by atoms with E-state index in [2.05, 4.69) is 76.4 Å². The summed E-state index contributed by atoms with van der Waals surface area (Å²) in [6, 6.07) is 26.7. The van der Waals surface area contributed by atoms with Crippen LogP contribution < -0.4 is 5.32 Å². The topological polar surface area (TPSA) is 29.1 Å². The Balaban J connectivity index is 1.88. The maximum Gasteiger partial charge on any atom is 0.252 e. The largest absolute Gasteiger partial charge is 0.334 e. The zero-order valence-corrected chi connectivity index (χ0v) is 15.4. The highest BCUT2D eigenvalue weighted by atomic mass is 127. The van der Waals surface area contributed by atoms with E-state index in [4.69, 9.17) is 0 Å². The van der Waals surface area contributed by atoms with Gasteiger partial charge in [-0.05, 0) is 50.9 Å². The van der Waals surface area contributed by atoms with E-state index in [0.717, 1.165) is 20.3 Å². The highest BCUT2D eigenvalue weighted by Crippen LogP contribution is 2.55. The molecule has 0 fully saturated rings. The van der Waals surface area contributed by atoms with Crippen molar-refractivity contribution in [3.63, 3.8) is 0 Å². The molecule has 1 amide bonds. The van der Waals surface area contributed by atoms with Gasteiger partial charge in [0.1, 0.15) is 5.54 Å². The monoisotopic (exact) mass is 435 g/mol. The molecule has 1 aliphatic carbocycles. The number of rotatable bonds is 1. The van der Waals surface area contributed by atoms with Crippen molar-refractivity contribution < 1.29 is 4.79 Å². The van der Waals surface area contributed by atoms with Gasteiger partial charge in [0.15, 0.2) is 0 Å². The summed E-state index contributed by atoms with van der Waals surface area (Å²) in [4.78, 5) is 12.7. The summed E-state index contributed by atoms with van der Waals surface area (Å²) in [7, 11) is 0. The van der Waals surface area contributed by atoms with Gasteiger partial charge in [0.05, 0.1) is 0 Å². The molecule has 0 saturated carbocycles. The van der Waals surface area contributed by atoms with E-state index in [0.29, 0.717) is 0 Å². The highest BCUT2D eigenvalue weighted by molar-refractivity contribution is 14.1. The van der Waals surface area contributed by atoms with Gasteiger partial charge in [-0.2, -0.15) is 0 Å². The normalized spacial score (nSPS) is 20.6. The molecule has 3 aromatic rings. The third-order valence-electron chi connectivity index (χ3n) is 5.09. The minimum Gasteiger partial charge on any atom is -0.334 e. The molecule has 0 aromatic heterocycles. The predicted molar refractivity (Wildman–Crippen MR) is 108 cm³/mol. The van der Waals surface area contributed by atoms with Crippen LogP contribution in [0, 0.1) is 0 Å². The van der Waals surface area contributed by atoms with E-state index in [-0.39, 0.29) is 5.91 Å².